The molecule has 7 aromatic rings. The molecule has 4 aromatic heterocycles. The van der Waals surface area contributed by atoms with E-state index in [1.54, 1.807) is 0 Å². The smallest absolute Gasteiger partial charge is 0.161 e. The van der Waals surface area contributed by atoms with Gasteiger partial charge in [-0.05, 0) is 59.0 Å². The Hall–Kier alpha value is -5.29. The third-order valence-corrected chi connectivity index (χ3v) is 6.74. The molecular formula is C33H21N5. The average Bonchev–Trinajstić information content (AvgIpc) is 3.01. The van der Waals surface area contributed by atoms with Crippen molar-refractivity contribution in [1.82, 2.24) is 24.9 Å². The van der Waals surface area contributed by atoms with Crippen molar-refractivity contribution in [1.29, 1.82) is 0 Å². The normalized spacial score (nSPS) is 11.2. The van der Waals surface area contributed by atoms with Crippen LogP contribution in [0.5, 0.6) is 0 Å². The van der Waals surface area contributed by atoms with Crippen molar-refractivity contribution in [2.24, 2.45) is 0 Å². The molecule has 0 aliphatic carbocycles. The van der Waals surface area contributed by atoms with Crippen LogP contribution in [0.15, 0.2) is 128 Å². The first-order valence-corrected chi connectivity index (χ1v) is 12.4. The number of benzene rings is 3. The molecule has 5 nitrogen and oxygen atoms in total. The van der Waals surface area contributed by atoms with E-state index in [1.807, 2.05) is 73.4 Å². The van der Waals surface area contributed by atoms with E-state index in [2.05, 4.69) is 69.5 Å². The molecule has 0 N–H and O–H groups in total. The van der Waals surface area contributed by atoms with Gasteiger partial charge in [-0.3, -0.25) is 15.0 Å². The highest BCUT2D eigenvalue weighted by molar-refractivity contribution is 5.97. The molecule has 0 bridgehead atoms. The molecule has 38 heavy (non-hydrogen) atoms. The van der Waals surface area contributed by atoms with Crippen LogP contribution < -0.4 is 0 Å². The molecule has 0 amide bonds. The second-order valence-corrected chi connectivity index (χ2v) is 9.06. The molecule has 0 unspecified atom stereocenters. The van der Waals surface area contributed by atoms with Crippen molar-refractivity contribution < 1.29 is 0 Å². The average molecular weight is 488 g/mol. The van der Waals surface area contributed by atoms with Gasteiger partial charge in [-0.15, -0.1) is 0 Å². The maximum atomic E-state index is 5.11. The number of hydrogen-bond donors (Lipinski definition) is 0. The minimum Gasteiger partial charge on any atom is -0.265 e. The van der Waals surface area contributed by atoms with Gasteiger partial charge in [-0.2, -0.15) is 0 Å². The van der Waals surface area contributed by atoms with Gasteiger partial charge in [0.15, 0.2) is 5.82 Å². The summed E-state index contributed by atoms with van der Waals surface area (Å²) in [6.07, 6.45) is 9.13. The lowest BCUT2D eigenvalue weighted by atomic mass is 9.99. The molecule has 0 fully saturated rings. The van der Waals surface area contributed by atoms with Gasteiger partial charge < -0.3 is 0 Å². The van der Waals surface area contributed by atoms with E-state index in [0.29, 0.717) is 5.82 Å². The molecular weight excluding hydrogens is 466 g/mol. The summed E-state index contributed by atoms with van der Waals surface area (Å²) in [4.78, 5) is 23.2. The molecule has 5 heteroatoms. The molecule has 7 rings (SSSR count). The maximum Gasteiger partial charge on any atom is 0.161 e. The van der Waals surface area contributed by atoms with Crippen molar-refractivity contribution in [3.05, 3.63) is 128 Å². The number of hydrogen-bond acceptors (Lipinski definition) is 5. The fourth-order valence-electron chi connectivity index (χ4n) is 4.90. The predicted octanol–water partition coefficient (Wildman–Crippen LogP) is 7.64. The summed E-state index contributed by atoms with van der Waals surface area (Å²) in [5.74, 6) is 0.671. The highest BCUT2D eigenvalue weighted by Gasteiger charge is 2.15. The predicted molar refractivity (Wildman–Crippen MR) is 152 cm³/mol. The van der Waals surface area contributed by atoms with Crippen molar-refractivity contribution in [2.45, 2.75) is 0 Å². The Morgan fingerprint density at radius 1 is 0.474 bits per heavy atom. The Kier molecular flexibility index (Phi) is 5.37. The third kappa shape index (κ3) is 3.96. The van der Waals surface area contributed by atoms with Gasteiger partial charge in [0, 0.05) is 58.4 Å². The van der Waals surface area contributed by atoms with Crippen LogP contribution in [0.25, 0.3) is 66.7 Å². The number of aromatic nitrogens is 5. The van der Waals surface area contributed by atoms with Crippen LogP contribution in [-0.4, -0.2) is 24.9 Å². The fraction of sp³-hybridized carbons (Fsp3) is 0. The molecule has 0 saturated carbocycles. The van der Waals surface area contributed by atoms with E-state index in [4.69, 9.17) is 9.97 Å². The number of pyridine rings is 3. The van der Waals surface area contributed by atoms with Gasteiger partial charge in [0.05, 0.1) is 16.9 Å². The largest absolute Gasteiger partial charge is 0.265 e. The Labute approximate surface area is 219 Å². The van der Waals surface area contributed by atoms with E-state index in [1.165, 1.54) is 0 Å². The summed E-state index contributed by atoms with van der Waals surface area (Å²) >= 11 is 0. The zero-order chi connectivity index (χ0) is 25.3. The van der Waals surface area contributed by atoms with Gasteiger partial charge in [-0.25, -0.2) is 9.97 Å². The fourth-order valence-corrected chi connectivity index (χ4v) is 4.90. The molecule has 4 heterocycles. The number of fused-ring (bicyclic) bond motifs is 2. The summed E-state index contributed by atoms with van der Waals surface area (Å²) in [5, 5.41) is 3.17. The number of nitrogens with zero attached hydrogens (tertiary/aromatic N) is 5. The van der Waals surface area contributed by atoms with Gasteiger partial charge >= 0.3 is 0 Å². The second-order valence-electron chi connectivity index (χ2n) is 9.06. The van der Waals surface area contributed by atoms with Crippen LogP contribution in [0, 0.1) is 0 Å². The lowest BCUT2D eigenvalue weighted by molar-refractivity contribution is 1.19. The van der Waals surface area contributed by atoms with Crippen LogP contribution in [0.2, 0.25) is 0 Å². The highest BCUT2D eigenvalue weighted by atomic mass is 14.9. The summed E-state index contributed by atoms with van der Waals surface area (Å²) < 4.78 is 0. The van der Waals surface area contributed by atoms with E-state index < -0.39 is 0 Å². The van der Waals surface area contributed by atoms with E-state index in [0.717, 1.165) is 60.9 Å². The van der Waals surface area contributed by atoms with E-state index in [9.17, 15) is 0 Å². The Bertz CT molecular complexity index is 1820. The van der Waals surface area contributed by atoms with Crippen LogP contribution >= 0.6 is 0 Å². The molecule has 0 saturated heterocycles. The first-order valence-electron chi connectivity index (χ1n) is 12.4. The molecule has 0 aliphatic heterocycles. The highest BCUT2D eigenvalue weighted by Crippen LogP contribution is 2.34. The van der Waals surface area contributed by atoms with Crippen molar-refractivity contribution in [2.75, 3.05) is 0 Å². The Balaban J connectivity index is 1.48. The van der Waals surface area contributed by atoms with Gasteiger partial charge in [0.1, 0.15) is 0 Å². The lowest BCUT2D eigenvalue weighted by Gasteiger charge is -2.13. The quantitative estimate of drug-likeness (QED) is 0.255. The van der Waals surface area contributed by atoms with Crippen molar-refractivity contribution >= 4 is 21.7 Å². The SMILES string of the molecule is c1cc(-c2ccncc2)cc(-c2cc(-c3cccc4ncccc34)nc(-c3cccc4cnccc34)n2)c1. The number of rotatable bonds is 4. The summed E-state index contributed by atoms with van der Waals surface area (Å²) in [7, 11) is 0. The maximum absolute atomic E-state index is 5.11. The van der Waals surface area contributed by atoms with E-state index in [-0.39, 0.29) is 0 Å². The van der Waals surface area contributed by atoms with Crippen LogP contribution in [0.4, 0.5) is 0 Å². The summed E-state index contributed by atoms with van der Waals surface area (Å²) in [6, 6.07) is 32.9. The molecule has 0 radical (unpaired) electrons. The van der Waals surface area contributed by atoms with E-state index >= 15 is 0 Å². The third-order valence-electron chi connectivity index (χ3n) is 6.74. The molecule has 0 aliphatic rings. The van der Waals surface area contributed by atoms with Crippen molar-refractivity contribution in [3.8, 4) is 45.0 Å². The first kappa shape index (κ1) is 21.9. The minimum atomic E-state index is 0.671. The first-order chi connectivity index (χ1) is 18.8. The Morgan fingerprint density at radius 3 is 2.21 bits per heavy atom. The van der Waals surface area contributed by atoms with Crippen LogP contribution in [0.3, 0.4) is 0 Å². The zero-order valence-electron chi connectivity index (χ0n) is 20.4. The zero-order valence-corrected chi connectivity index (χ0v) is 20.4. The topological polar surface area (TPSA) is 64.5 Å². The Morgan fingerprint density at radius 2 is 1.26 bits per heavy atom. The van der Waals surface area contributed by atoms with Gasteiger partial charge in [0.25, 0.3) is 0 Å². The van der Waals surface area contributed by atoms with Gasteiger partial charge in [0.2, 0.25) is 0 Å². The summed E-state index contributed by atoms with van der Waals surface area (Å²) in [6.45, 7) is 0. The molecule has 0 atom stereocenters. The lowest BCUT2D eigenvalue weighted by Crippen LogP contribution is -1.97. The monoisotopic (exact) mass is 487 g/mol. The standard InChI is InChI=1S/C33H21N5/c1-5-23(22-12-16-34-17-13-22)19-24(6-1)31-20-32(28-8-3-11-30-27(28)10-4-15-36-30)38-33(37-31)29-9-2-7-25-21-35-18-14-26(25)29/h1-21H. The van der Waals surface area contributed by atoms with Crippen LogP contribution in [-0.2, 0) is 0 Å². The minimum absolute atomic E-state index is 0.671. The van der Waals surface area contributed by atoms with Gasteiger partial charge in [-0.1, -0.05) is 54.6 Å². The second kappa shape index (κ2) is 9.30. The van der Waals surface area contributed by atoms with Crippen LogP contribution in [0.1, 0.15) is 0 Å². The molecule has 0 spiro atoms. The molecule has 3 aromatic carbocycles. The molecule has 178 valence electrons. The van der Waals surface area contributed by atoms with Crippen molar-refractivity contribution in [3.63, 3.8) is 0 Å². The summed E-state index contributed by atoms with van der Waals surface area (Å²) in [5.41, 5.74) is 7.86.